The highest BCUT2D eigenvalue weighted by Gasteiger charge is 2.34. The zero-order valence-corrected chi connectivity index (χ0v) is 21.3. The number of ether oxygens (including phenoxy) is 1. The van der Waals surface area contributed by atoms with Gasteiger partial charge in [-0.25, -0.2) is 0 Å². The Labute approximate surface area is 218 Å². The molecule has 37 heavy (non-hydrogen) atoms. The van der Waals surface area contributed by atoms with Crippen molar-refractivity contribution in [2.24, 2.45) is 0 Å². The molecule has 1 aliphatic rings. The van der Waals surface area contributed by atoms with Crippen molar-refractivity contribution in [1.82, 2.24) is 30.4 Å². The van der Waals surface area contributed by atoms with Gasteiger partial charge in [0.2, 0.25) is 17.6 Å². The molecule has 10 nitrogen and oxygen atoms in total. The van der Waals surface area contributed by atoms with E-state index in [1.807, 2.05) is 29.6 Å². The van der Waals surface area contributed by atoms with Crippen LogP contribution < -0.4 is 10.1 Å². The number of carbonyl (C=O) groups is 2. The van der Waals surface area contributed by atoms with Crippen molar-refractivity contribution in [3.63, 3.8) is 0 Å². The Kier molecular flexibility index (Phi) is 7.59. The lowest BCUT2D eigenvalue weighted by atomic mass is 10.1. The van der Waals surface area contributed by atoms with Crippen LogP contribution in [-0.2, 0) is 22.7 Å². The number of furan rings is 1. The number of carbonyl (C=O) groups excluding carboxylic acids is 2. The predicted molar refractivity (Wildman–Crippen MR) is 137 cm³/mol. The van der Waals surface area contributed by atoms with Crippen LogP contribution in [0.25, 0.3) is 11.4 Å². The van der Waals surface area contributed by atoms with E-state index in [0.717, 1.165) is 41.9 Å². The van der Waals surface area contributed by atoms with E-state index >= 15 is 0 Å². The summed E-state index contributed by atoms with van der Waals surface area (Å²) in [5, 5.41) is 17.6. The molecule has 0 radical (unpaired) electrons. The fraction of sp³-hybridized carbons (Fsp3) is 0.346. The zero-order valence-electron chi connectivity index (χ0n) is 20.4. The summed E-state index contributed by atoms with van der Waals surface area (Å²) >= 11 is 1.44. The SMILES string of the molecule is COc1ccc(-c2nnn(CC(=O)N(Cc3ccco3)[C@H](C(=O)NC3CCCC3)c3cccs3)n2)cc1. The van der Waals surface area contributed by atoms with Crippen LogP contribution in [-0.4, -0.2) is 50.1 Å². The van der Waals surface area contributed by atoms with Crippen molar-refractivity contribution in [1.29, 1.82) is 0 Å². The van der Waals surface area contributed by atoms with Gasteiger partial charge in [-0.05, 0) is 65.9 Å². The van der Waals surface area contributed by atoms with E-state index in [1.165, 1.54) is 21.0 Å². The van der Waals surface area contributed by atoms with Crippen LogP contribution in [0.4, 0.5) is 0 Å². The van der Waals surface area contributed by atoms with E-state index < -0.39 is 6.04 Å². The lowest BCUT2D eigenvalue weighted by molar-refractivity contribution is -0.142. The monoisotopic (exact) mass is 520 g/mol. The molecule has 0 bridgehead atoms. The largest absolute Gasteiger partial charge is 0.497 e. The Morgan fingerprint density at radius 3 is 2.68 bits per heavy atom. The molecule has 1 fully saturated rings. The third-order valence-corrected chi connectivity index (χ3v) is 7.30. The number of hydrogen-bond acceptors (Lipinski definition) is 8. The topological polar surface area (TPSA) is 115 Å². The van der Waals surface area contributed by atoms with E-state index in [4.69, 9.17) is 9.15 Å². The van der Waals surface area contributed by atoms with Gasteiger partial charge < -0.3 is 19.4 Å². The number of hydrogen-bond donors (Lipinski definition) is 1. The average molecular weight is 521 g/mol. The highest BCUT2D eigenvalue weighted by atomic mass is 32.1. The lowest BCUT2D eigenvalue weighted by Gasteiger charge is -2.30. The molecule has 3 heterocycles. The van der Waals surface area contributed by atoms with Gasteiger partial charge in [-0.15, -0.1) is 21.5 Å². The van der Waals surface area contributed by atoms with Gasteiger partial charge in [0.15, 0.2) is 0 Å². The first kappa shape index (κ1) is 24.7. The number of aromatic nitrogens is 4. The van der Waals surface area contributed by atoms with E-state index in [1.54, 1.807) is 37.6 Å². The number of benzene rings is 1. The van der Waals surface area contributed by atoms with Crippen molar-refractivity contribution < 1.29 is 18.7 Å². The minimum Gasteiger partial charge on any atom is -0.497 e. The van der Waals surface area contributed by atoms with Crippen molar-refractivity contribution in [3.05, 3.63) is 70.8 Å². The predicted octanol–water partition coefficient (Wildman–Crippen LogP) is 3.83. The van der Waals surface area contributed by atoms with Crippen LogP contribution in [0.1, 0.15) is 42.4 Å². The first-order chi connectivity index (χ1) is 18.1. The number of methoxy groups -OCH3 is 1. The van der Waals surface area contributed by atoms with E-state index in [-0.39, 0.29) is 30.9 Å². The minimum atomic E-state index is -0.803. The van der Waals surface area contributed by atoms with Crippen LogP contribution in [0.2, 0.25) is 0 Å². The Balaban J connectivity index is 1.39. The number of tetrazole rings is 1. The van der Waals surface area contributed by atoms with Gasteiger partial charge in [-0.3, -0.25) is 9.59 Å². The van der Waals surface area contributed by atoms with E-state index in [9.17, 15) is 9.59 Å². The summed E-state index contributed by atoms with van der Waals surface area (Å²) in [7, 11) is 1.60. The molecular weight excluding hydrogens is 492 g/mol. The molecule has 0 aliphatic heterocycles. The second kappa shape index (κ2) is 11.4. The van der Waals surface area contributed by atoms with Crippen LogP contribution in [0.15, 0.2) is 64.6 Å². The van der Waals surface area contributed by atoms with Crippen LogP contribution >= 0.6 is 11.3 Å². The Morgan fingerprint density at radius 1 is 1.19 bits per heavy atom. The standard InChI is InChI=1S/C26H28N6O4S/c1-35-20-12-10-18(11-13-20)25-28-30-32(29-25)17-23(33)31(16-21-8-4-14-36-21)24(22-9-5-15-37-22)26(34)27-19-6-2-3-7-19/h4-5,8-15,19,24H,2-3,6-7,16-17H2,1H3,(H,27,34)/t24-/m0/s1. The van der Waals surface area contributed by atoms with E-state index in [2.05, 4.69) is 20.7 Å². The number of rotatable bonds is 10. The second-order valence-corrected chi connectivity index (χ2v) is 9.86. The van der Waals surface area contributed by atoms with Gasteiger partial charge >= 0.3 is 0 Å². The highest BCUT2D eigenvalue weighted by molar-refractivity contribution is 7.10. The first-order valence-corrected chi connectivity index (χ1v) is 13.1. The minimum absolute atomic E-state index is 0.125. The summed E-state index contributed by atoms with van der Waals surface area (Å²) in [6.45, 7) is -0.0467. The third kappa shape index (κ3) is 5.88. The zero-order chi connectivity index (χ0) is 25.6. The quantitative estimate of drug-likeness (QED) is 0.338. The molecule has 11 heteroatoms. The molecule has 1 aliphatic carbocycles. The summed E-state index contributed by atoms with van der Waals surface area (Å²) in [4.78, 5) is 30.8. The molecule has 2 amide bonds. The first-order valence-electron chi connectivity index (χ1n) is 12.2. The molecular formula is C26H28N6O4S. The number of nitrogens with one attached hydrogen (secondary N) is 1. The van der Waals surface area contributed by atoms with Gasteiger partial charge in [0.1, 0.15) is 24.1 Å². The van der Waals surface area contributed by atoms with Crippen LogP contribution in [0.3, 0.4) is 0 Å². The van der Waals surface area contributed by atoms with Gasteiger partial charge in [-0.2, -0.15) is 4.80 Å². The lowest BCUT2D eigenvalue weighted by Crippen LogP contribution is -2.46. The number of amides is 2. The molecule has 0 spiro atoms. The van der Waals surface area contributed by atoms with Gasteiger partial charge in [0.05, 0.1) is 19.9 Å². The molecule has 1 atom stereocenters. The van der Waals surface area contributed by atoms with Gasteiger partial charge in [0.25, 0.3) is 0 Å². The molecule has 5 rings (SSSR count). The molecule has 0 saturated heterocycles. The Hall–Kier alpha value is -3.99. The maximum Gasteiger partial charge on any atom is 0.248 e. The highest BCUT2D eigenvalue weighted by Crippen LogP contribution is 2.29. The average Bonchev–Trinajstić information content (AvgIpc) is 3.73. The summed E-state index contributed by atoms with van der Waals surface area (Å²) in [5.74, 6) is 1.17. The molecule has 4 aromatic rings. The van der Waals surface area contributed by atoms with Crippen molar-refractivity contribution in [2.45, 2.75) is 50.9 Å². The molecule has 192 valence electrons. The number of thiophene rings is 1. The van der Waals surface area contributed by atoms with Crippen LogP contribution in [0, 0.1) is 0 Å². The van der Waals surface area contributed by atoms with E-state index in [0.29, 0.717) is 11.6 Å². The smallest absolute Gasteiger partial charge is 0.248 e. The summed E-state index contributed by atoms with van der Waals surface area (Å²) in [5.41, 5.74) is 0.749. The Morgan fingerprint density at radius 2 is 2.00 bits per heavy atom. The maximum absolute atomic E-state index is 13.7. The molecule has 1 aromatic carbocycles. The van der Waals surface area contributed by atoms with Gasteiger partial charge in [-0.1, -0.05) is 18.9 Å². The normalized spacial score (nSPS) is 14.4. The molecule has 3 aromatic heterocycles. The van der Waals surface area contributed by atoms with Crippen molar-refractivity contribution >= 4 is 23.2 Å². The molecule has 1 N–H and O–H groups in total. The Bertz CT molecular complexity index is 1300. The molecule has 1 saturated carbocycles. The summed E-state index contributed by atoms with van der Waals surface area (Å²) < 4.78 is 10.7. The van der Waals surface area contributed by atoms with Gasteiger partial charge in [0, 0.05) is 16.5 Å². The van der Waals surface area contributed by atoms with Crippen molar-refractivity contribution in [2.75, 3.05) is 7.11 Å². The molecule has 0 unspecified atom stereocenters. The second-order valence-electron chi connectivity index (χ2n) is 8.88. The summed E-state index contributed by atoms with van der Waals surface area (Å²) in [6.07, 6.45) is 5.64. The fourth-order valence-corrected chi connectivity index (χ4v) is 5.33. The number of nitrogens with zero attached hydrogens (tertiary/aromatic N) is 5. The maximum atomic E-state index is 13.7. The van der Waals surface area contributed by atoms with Crippen molar-refractivity contribution in [3.8, 4) is 17.1 Å². The van der Waals surface area contributed by atoms with Crippen LogP contribution in [0.5, 0.6) is 5.75 Å². The fourth-order valence-electron chi connectivity index (χ4n) is 4.49. The third-order valence-electron chi connectivity index (χ3n) is 6.38. The summed E-state index contributed by atoms with van der Waals surface area (Å²) in [6, 6.07) is 13.9.